The van der Waals surface area contributed by atoms with Crippen molar-refractivity contribution in [3.05, 3.63) is 5.88 Å². The van der Waals surface area contributed by atoms with E-state index < -0.39 is 6.10 Å². The Morgan fingerprint density at radius 3 is 2.57 bits per heavy atom. The second-order valence-electron chi connectivity index (χ2n) is 1.48. The molecule has 1 N–H and O–H groups in total. The number of hydrogen-bond acceptors (Lipinski definition) is 1. The molecule has 0 saturated heterocycles. The summed E-state index contributed by atoms with van der Waals surface area (Å²) >= 11 is 5.16. The van der Waals surface area contributed by atoms with Gasteiger partial charge >= 0.3 is 0 Å². The quantitative estimate of drug-likeness (QED) is 0.601. The van der Waals surface area contributed by atoms with Crippen LogP contribution in [0.1, 0.15) is 19.8 Å². The lowest BCUT2D eigenvalue weighted by atomic mass is 10.2. The largest absolute Gasteiger partial charge is 0.392 e. The van der Waals surface area contributed by atoms with Crippen molar-refractivity contribution in [2.75, 3.05) is 0 Å². The van der Waals surface area contributed by atoms with Crippen LogP contribution in [0.5, 0.6) is 0 Å². The van der Waals surface area contributed by atoms with Crippen LogP contribution < -0.4 is 0 Å². The Morgan fingerprint density at radius 1 is 1.86 bits per heavy atom. The number of halogens is 1. The molecule has 0 rings (SSSR count). The zero-order valence-corrected chi connectivity index (χ0v) is 5.15. The topological polar surface area (TPSA) is 20.2 Å². The third kappa shape index (κ3) is 4.10. The smallest absolute Gasteiger partial charge is 0.0783 e. The fourth-order valence-electron chi connectivity index (χ4n) is 0.359. The highest BCUT2D eigenvalue weighted by molar-refractivity contribution is 6.23. The van der Waals surface area contributed by atoms with Crippen molar-refractivity contribution in [2.45, 2.75) is 25.9 Å². The van der Waals surface area contributed by atoms with E-state index in [1.54, 1.807) is 0 Å². The molecule has 1 unspecified atom stereocenters. The average molecular weight is 122 g/mol. The monoisotopic (exact) mass is 121 g/mol. The van der Waals surface area contributed by atoms with Gasteiger partial charge in [0.2, 0.25) is 0 Å². The predicted octanol–water partition coefficient (Wildman–Crippen LogP) is 1.55. The van der Waals surface area contributed by atoms with Crippen molar-refractivity contribution in [3.63, 3.8) is 0 Å². The van der Waals surface area contributed by atoms with Crippen LogP contribution in [-0.2, 0) is 0 Å². The van der Waals surface area contributed by atoms with Gasteiger partial charge in [0.1, 0.15) is 0 Å². The first kappa shape index (κ1) is 7.25. The highest BCUT2D eigenvalue weighted by atomic mass is 35.5. The average Bonchev–Trinajstić information content (AvgIpc) is 1.68. The Hall–Kier alpha value is 0.250. The van der Waals surface area contributed by atoms with Crippen molar-refractivity contribution < 1.29 is 5.11 Å². The molecule has 7 heavy (non-hydrogen) atoms. The summed E-state index contributed by atoms with van der Waals surface area (Å²) in [5, 5.41) is 8.67. The number of rotatable bonds is 3. The molecule has 0 aromatic rings. The van der Waals surface area contributed by atoms with E-state index in [1.165, 1.54) is 5.88 Å². The molecule has 0 fully saturated rings. The second-order valence-corrected chi connectivity index (χ2v) is 1.73. The first-order chi connectivity index (χ1) is 3.31. The molecule has 0 aliphatic heterocycles. The summed E-state index contributed by atoms with van der Waals surface area (Å²) < 4.78 is 0. The second kappa shape index (κ2) is 4.41. The molecule has 0 heterocycles. The van der Waals surface area contributed by atoms with E-state index in [-0.39, 0.29) is 0 Å². The highest BCUT2D eigenvalue weighted by Gasteiger charge is 1.96. The van der Waals surface area contributed by atoms with E-state index in [0.717, 1.165) is 12.8 Å². The Bertz CT molecular complexity index is 39.1. The normalized spacial score (nSPS) is 14.1. The molecule has 2 heteroatoms. The van der Waals surface area contributed by atoms with Crippen LogP contribution in [0, 0.1) is 5.88 Å². The summed E-state index contributed by atoms with van der Waals surface area (Å²) in [6.07, 6.45) is 1.33. The van der Waals surface area contributed by atoms with Gasteiger partial charge < -0.3 is 5.11 Å². The zero-order chi connectivity index (χ0) is 5.70. The molecular weight excluding hydrogens is 112 g/mol. The van der Waals surface area contributed by atoms with Crippen LogP contribution >= 0.6 is 11.6 Å². The van der Waals surface area contributed by atoms with Crippen LogP contribution in [0.4, 0.5) is 0 Å². The molecule has 43 valence electrons. The minimum Gasteiger partial charge on any atom is -0.392 e. The molecule has 0 saturated carbocycles. The van der Waals surface area contributed by atoms with E-state index >= 15 is 0 Å². The first-order valence-corrected chi connectivity index (χ1v) is 2.86. The molecule has 1 radical (unpaired) electrons. The molecule has 0 spiro atoms. The van der Waals surface area contributed by atoms with E-state index in [2.05, 4.69) is 0 Å². The van der Waals surface area contributed by atoms with Gasteiger partial charge in [-0.15, -0.1) is 11.6 Å². The van der Waals surface area contributed by atoms with Crippen LogP contribution in [-0.4, -0.2) is 11.2 Å². The van der Waals surface area contributed by atoms with Gasteiger partial charge in [-0.2, -0.15) is 0 Å². The third-order valence-corrected chi connectivity index (χ3v) is 1.02. The lowest BCUT2D eigenvalue weighted by molar-refractivity contribution is 0.204. The lowest BCUT2D eigenvalue weighted by Gasteiger charge is -1.99. The minimum absolute atomic E-state index is 0.410. The maximum absolute atomic E-state index is 8.67. The van der Waals surface area contributed by atoms with Crippen molar-refractivity contribution in [3.8, 4) is 0 Å². The molecule has 0 aliphatic rings. The Morgan fingerprint density at radius 2 is 2.43 bits per heavy atom. The fraction of sp³-hybridized carbons (Fsp3) is 0.800. The van der Waals surface area contributed by atoms with E-state index in [0.29, 0.717) is 0 Å². The minimum atomic E-state index is -0.410. The molecular formula is C5H10ClO. The first-order valence-electron chi connectivity index (χ1n) is 2.43. The number of hydrogen-bond donors (Lipinski definition) is 1. The van der Waals surface area contributed by atoms with Crippen molar-refractivity contribution in [1.29, 1.82) is 0 Å². The standard InChI is InChI=1S/C5H10ClO/c1-2-3-5(7)4-6/h4-5,7H,2-3H2,1H3. The van der Waals surface area contributed by atoms with Gasteiger partial charge in [-0.05, 0) is 6.42 Å². The number of aliphatic hydroxyl groups is 1. The van der Waals surface area contributed by atoms with Gasteiger partial charge in [0, 0.05) is 0 Å². The van der Waals surface area contributed by atoms with E-state index in [4.69, 9.17) is 16.7 Å². The van der Waals surface area contributed by atoms with Crippen molar-refractivity contribution >= 4 is 11.6 Å². The summed E-state index contributed by atoms with van der Waals surface area (Å²) in [4.78, 5) is 0. The highest BCUT2D eigenvalue weighted by Crippen LogP contribution is 2.01. The molecule has 0 aromatic heterocycles. The van der Waals surface area contributed by atoms with Gasteiger partial charge in [0.25, 0.3) is 0 Å². The molecule has 0 aromatic carbocycles. The van der Waals surface area contributed by atoms with Gasteiger partial charge in [-0.1, -0.05) is 13.3 Å². The van der Waals surface area contributed by atoms with E-state index in [9.17, 15) is 0 Å². The maximum Gasteiger partial charge on any atom is 0.0783 e. The van der Waals surface area contributed by atoms with Gasteiger partial charge in [0.15, 0.2) is 0 Å². The lowest BCUT2D eigenvalue weighted by Crippen LogP contribution is -2.01. The molecule has 0 amide bonds. The third-order valence-electron chi connectivity index (χ3n) is 0.730. The Balaban J connectivity index is 2.83. The number of aliphatic hydroxyl groups excluding tert-OH is 1. The summed E-state index contributed by atoms with van der Waals surface area (Å²) in [5.74, 6) is 1.28. The molecule has 0 bridgehead atoms. The van der Waals surface area contributed by atoms with Gasteiger partial charge in [-0.3, -0.25) is 0 Å². The van der Waals surface area contributed by atoms with Crippen LogP contribution in [0.2, 0.25) is 0 Å². The van der Waals surface area contributed by atoms with Gasteiger partial charge in [0.05, 0.1) is 12.0 Å². The summed E-state index contributed by atoms with van der Waals surface area (Å²) in [5.41, 5.74) is 0. The van der Waals surface area contributed by atoms with Crippen LogP contribution in [0.25, 0.3) is 0 Å². The SMILES string of the molecule is CCCC(O)[CH]Cl. The summed E-state index contributed by atoms with van der Waals surface area (Å²) in [6.45, 7) is 2.00. The maximum atomic E-state index is 8.67. The predicted molar refractivity (Wildman–Crippen MR) is 31.1 cm³/mol. The molecule has 1 nitrogen and oxygen atoms in total. The summed E-state index contributed by atoms with van der Waals surface area (Å²) in [6, 6.07) is 0. The fourth-order valence-corrected chi connectivity index (χ4v) is 0.485. The van der Waals surface area contributed by atoms with Crippen LogP contribution in [0.3, 0.4) is 0 Å². The zero-order valence-electron chi connectivity index (χ0n) is 4.39. The Labute approximate surface area is 49.3 Å². The molecule has 1 atom stereocenters. The summed E-state index contributed by atoms with van der Waals surface area (Å²) in [7, 11) is 0. The molecule has 0 aliphatic carbocycles. The van der Waals surface area contributed by atoms with Crippen molar-refractivity contribution in [1.82, 2.24) is 0 Å². The Kier molecular flexibility index (Phi) is 4.57. The van der Waals surface area contributed by atoms with Crippen LogP contribution in [0.15, 0.2) is 0 Å². The van der Waals surface area contributed by atoms with Gasteiger partial charge in [-0.25, -0.2) is 0 Å². The van der Waals surface area contributed by atoms with E-state index in [1.807, 2.05) is 6.92 Å². The van der Waals surface area contributed by atoms with Crippen molar-refractivity contribution in [2.24, 2.45) is 0 Å².